The molecule has 1 rings (SSSR count). The van der Waals surface area contributed by atoms with Crippen molar-refractivity contribution in [3.05, 3.63) is 12.2 Å². The van der Waals surface area contributed by atoms with Crippen LogP contribution in [0.3, 0.4) is 0 Å². The molecule has 3 heteroatoms. The minimum atomic E-state index is -0.0313. The van der Waals surface area contributed by atoms with E-state index in [-0.39, 0.29) is 24.0 Å². The maximum Gasteiger partial charge on any atom is 0.126 e. The smallest absolute Gasteiger partial charge is 0.126 e. The molecule has 0 bridgehead atoms. The Morgan fingerprint density at radius 3 is 2.40 bits per heavy atom. The predicted octanol–water partition coefficient (Wildman–Crippen LogP) is 1.82. The molecule has 0 saturated heterocycles. The number of allylic oxidation sites excluding steroid dienone is 2. The molecular weight excluding hydrogens is 192 g/mol. The Bertz CT molecular complexity index is 225. The van der Waals surface area contributed by atoms with E-state index in [2.05, 4.69) is 6.08 Å². The van der Waals surface area contributed by atoms with Gasteiger partial charge in [-0.05, 0) is 13.3 Å². The zero-order valence-corrected chi connectivity index (χ0v) is 9.68. The van der Waals surface area contributed by atoms with Crippen LogP contribution in [0.15, 0.2) is 12.2 Å². The Kier molecular flexibility index (Phi) is 4.99. The minimum Gasteiger partial charge on any atom is -0.381 e. The third-order valence-electron chi connectivity index (χ3n) is 3.27. The summed E-state index contributed by atoms with van der Waals surface area (Å²) in [6.45, 7) is 1.99. The first-order valence-electron chi connectivity index (χ1n) is 5.40. The minimum absolute atomic E-state index is 0.0164. The van der Waals surface area contributed by atoms with Crippen LogP contribution in [-0.4, -0.2) is 32.7 Å². The van der Waals surface area contributed by atoms with Crippen LogP contribution >= 0.6 is 0 Å². The Morgan fingerprint density at radius 2 is 1.93 bits per heavy atom. The summed E-state index contributed by atoms with van der Waals surface area (Å²) in [6.07, 6.45) is 6.97. The van der Waals surface area contributed by atoms with Gasteiger partial charge in [0.2, 0.25) is 0 Å². The van der Waals surface area contributed by atoms with Gasteiger partial charge in [0.1, 0.15) is 6.29 Å². The van der Waals surface area contributed by atoms with E-state index in [4.69, 9.17) is 9.47 Å². The van der Waals surface area contributed by atoms with Gasteiger partial charge in [-0.3, -0.25) is 0 Å². The monoisotopic (exact) mass is 212 g/mol. The lowest BCUT2D eigenvalue weighted by molar-refractivity contribution is -0.115. The van der Waals surface area contributed by atoms with Gasteiger partial charge >= 0.3 is 0 Å². The van der Waals surface area contributed by atoms with Gasteiger partial charge in [-0.15, -0.1) is 0 Å². The number of carbonyl (C=O) groups excluding carboxylic acids is 1. The van der Waals surface area contributed by atoms with Crippen molar-refractivity contribution in [2.75, 3.05) is 14.2 Å². The van der Waals surface area contributed by atoms with Crippen molar-refractivity contribution < 1.29 is 14.3 Å². The van der Waals surface area contributed by atoms with Gasteiger partial charge in [-0.1, -0.05) is 12.2 Å². The fraction of sp³-hybridized carbons (Fsp3) is 0.750. The van der Waals surface area contributed by atoms with Gasteiger partial charge < -0.3 is 14.3 Å². The second kappa shape index (κ2) is 6.03. The standard InChI is InChI=1S/C12H20O3/c1-4-5-6-9-10(8-13)12(15-3)7-11(9)14-2/h4-5,8-12H,6-7H2,1-3H3/b5-4-. The Labute approximate surface area is 91.4 Å². The first kappa shape index (κ1) is 12.4. The highest BCUT2D eigenvalue weighted by atomic mass is 16.5. The highest BCUT2D eigenvalue weighted by molar-refractivity contribution is 5.56. The second-order valence-corrected chi connectivity index (χ2v) is 3.97. The van der Waals surface area contributed by atoms with E-state index in [0.717, 1.165) is 19.1 Å². The molecule has 86 valence electrons. The molecule has 1 fully saturated rings. The van der Waals surface area contributed by atoms with Crippen LogP contribution in [0, 0.1) is 11.8 Å². The summed E-state index contributed by atoms with van der Waals surface area (Å²) in [5, 5.41) is 0. The zero-order valence-electron chi connectivity index (χ0n) is 9.68. The van der Waals surface area contributed by atoms with Crippen LogP contribution < -0.4 is 0 Å². The number of methoxy groups -OCH3 is 2. The normalized spacial score (nSPS) is 36.2. The van der Waals surface area contributed by atoms with Gasteiger partial charge in [0.15, 0.2) is 0 Å². The third kappa shape index (κ3) is 2.67. The number of rotatable bonds is 5. The highest BCUT2D eigenvalue weighted by Gasteiger charge is 2.42. The van der Waals surface area contributed by atoms with Gasteiger partial charge in [0, 0.05) is 32.5 Å². The molecule has 0 aromatic rings. The van der Waals surface area contributed by atoms with Crippen molar-refractivity contribution in [1.29, 1.82) is 0 Å². The van der Waals surface area contributed by atoms with Crippen LogP contribution in [0.5, 0.6) is 0 Å². The van der Waals surface area contributed by atoms with E-state index >= 15 is 0 Å². The summed E-state index contributed by atoms with van der Waals surface area (Å²) in [7, 11) is 3.36. The number of ether oxygens (including phenoxy) is 2. The summed E-state index contributed by atoms with van der Waals surface area (Å²) in [5.74, 6) is 0.227. The summed E-state index contributed by atoms with van der Waals surface area (Å²) in [4.78, 5) is 11.1. The van der Waals surface area contributed by atoms with E-state index in [1.54, 1.807) is 14.2 Å². The van der Waals surface area contributed by atoms with Crippen molar-refractivity contribution >= 4 is 6.29 Å². The average Bonchev–Trinajstić information content (AvgIpc) is 2.62. The van der Waals surface area contributed by atoms with Crippen molar-refractivity contribution in [2.24, 2.45) is 11.8 Å². The molecule has 0 aromatic carbocycles. The topological polar surface area (TPSA) is 35.5 Å². The third-order valence-corrected chi connectivity index (χ3v) is 3.27. The molecule has 1 aliphatic rings. The molecule has 0 heterocycles. The lowest BCUT2D eigenvalue weighted by atomic mass is 9.91. The van der Waals surface area contributed by atoms with E-state index in [0.29, 0.717) is 0 Å². The summed E-state index contributed by atoms with van der Waals surface area (Å²) < 4.78 is 10.7. The summed E-state index contributed by atoms with van der Waals surface area (Å²) >= 11 is 0. The van der Waals surface area contributed by atoms with Crippen molar-refractivity contribution in [2.45, 2.75) is 32.0 Å². The first-order valence-corrected chi connectivity index (χ1v) is 5.40. The molecule has 15 heavy (non-hydrogen) atoms. The molecular formula is C12H20O3. The van der Waals surface area contributed by atoms with E-state index < -0.39 is 0 Å². The lowest BCUT2D eigenvalue weighted by Crippen LogP contribution is -2.24. The average molecular weight is 212 g/mol. The Hall–Kier alpha value is -0.670. The Morgan fingerprint density at radius 1 is 1.27 bits per heavy atom. The van der Waals surface area contributed by atoms with Crippen LogP contribution in [0.25, 0.3) is 0 Å². The van der Waals surface area contributed by atoms with Crippen LogP contribution in [0.2, 0.25) is 0 Å². The highest BCUT2D eigenvalue weighted by Crippen LogP contribution is 2.37. The molecule has 0 N–H and O–H groups in total. The molecule has 4 atom stereocenters. The predicted molar refractivity (Wildman–Crippen MR) is 58.7 cm³/mol. The Balaban J connectivity index is 2.72. The summed E-state index contributed by atoms with van der Waals surface area (Å²) in [5.41, 5.74) is 0. The van der Waals surface area contributed by atoms with Gasteiger partial charge in [-0.25, -0.2) is 0 Å². The SMILES string of the molecule is C/C=C\CC1C(OC)CC(OC)C1C=O. The van der Waals surface area contributed by atoms with E-state index in [9.17, 15) is 4.79 Å². The fourth-order valence-electron chi connectivity index (χ4n) is 2.40. The van der Waals surface area contributed by atoms with Crippen molar-refractivity contribution in [3.63, 3.8) is 0 Å². The van der Waals surface area contributed by atoms with Gasteiger partial charge in [-0.2, -0.15) is 0 Å². The summed E-state index contributed by atoms with van der Waals surface area (Å²) in [6, 6.07) is 0. The maximum absolute atomic E-state index is 11.1. The molecule has 1 saturated carbocycles. The second-order valence-electron chi connectivity index (χ2n) is 3.97. The molecule has 0 aromatic heterocycles. The molecule has 0 amide bonds. The van der Waals surface area contributed by atoms with Crippen LogP contribution in [0.1, 0.15) is 19.8 Å². The molecule has 4 unspecified atom stereocenters. The molecule has 3 nitrogen and oxygen atoms in total. The van der Waals surface area contributed by atoms with Gasteiger partial charge in [0.25, 0.3) is 0 Å². The number of hydrogen-bond acceptors (Lipinski definition) is 3. The number of aldehydes is 1. The number of hydrogen-bond donors (Lipinski definition) is 0. The zero-order chi connectivity index (χ0) is 11.3. The van der Waals surface area contributed by atoms with Crippen LogP contribution in [0.4, 0.5) is 0 Å². The maximum atomic E-state index is 11.1. The molecule has 0 spiro atoms. The quantitative estimate of drug-likeness (QED) is 0.515. The van der Waals surface area contributed by atoms with E-state index in [1.807, 2.05) is 13.0 Å². The molecule has 1 aliphatic carbocycles. The van der Waals surface area contributed by atoms with Crippen molar-refractivity contribution in [3.8, 4) is 0 Å². The van der Waals surface area contributed by atoms with Crippen molar-refractivity contribution in [1.82, 2.24) is 0 Å². The van der Waals surface area contributed by atoms with Gasteiger partial charge in [0.05, 0.1) is 12.2 Å². The molecule has 0 radical (unpaired) electrons. The lowest BCUT2D eigenvalue weighted by Gasteiger charge is -2.19. The van der Waals surface area contributed by atoms with Crippen LogP contribution in [-0.2, 0) is 14.3 Å². The molecule has 0 aliphatic heterocycles. The fourth-order valence-corrected chi connectivity index (χ4v) is 2.40. The largest absolute Gasteiger partial charge is 0.381 e. The van der Waals surface area contributed by atoms with E-state index in [1.165, 1.54) is 0 Å². The first-order chi connectivity index (χ1) is 7.28. The number of carbonyl (C=O) groups is 1.